The number of aromatic nitrogens is 3. The average molecular weight is 446 g/mol. The van der Waals surface area contributed by atoms with Crippen molar-refractivity contribution in [1.29, 1.82) is 0 Å². The second-order valence-corrected chi connectivity index (χ2v) is 7.40. The van der Waals surface area contributed by atoms with E-state index < -0.39 is 11.8 Å². The Bertz CT molecular complexity index is 1120. The second kappa shape index (κ2) is 9.55. The number of hydrogen-bond acceptors (Lipinski definition) is 5. The Morgan fingerprint density at radius 1 is 1.10 bits per heavy atom. The summed E-state index contributed by atoms with van der Waals surface area (Å²) in [6.45, 7) is 3.59. The predicted molar refractivity (Wildman–Crippen MR) is 116 cm³/mol. The minimum absolute atomic E-state index is 0.133. The molecule has 30 heavy (non-hydrogen) atoms. The molecule has 8 nitrogen and oxygen atoms in total. The van der Waals surface area contributed by atoms with Crippen molar-refractivity contribution in [3.63, 3.8) is 0 Å². The lowest BCUT2D eigenvalue weighted by molar-refractivity contribution is -0.130. The lowest BCUT2D eigenvalue weighted by atomic mass is 10.1. The third kappa shape index (κ3) is 5.46. The van der Waals surface area contributed by atoms with Gasteiger partial charge in [-0.05, 0) is 73.6 Å². The first-order valence-corrected chi connectivity index (χ1v) is 9.81. The molecule has 0 fully saturated rings. The summed E-state index contributed by atoms with van der Waals surface area (Å²) < 4.78 is 7.23. The van der Waals surface area contributed by atoms with Crippen molar-refractivity contribution >= 4 is 35.6 Å². The average Bonchev–Trinajstić information content (AvgIpc) is 3.08. The molecule has 0 unspecified atom stereocenters. The van der Waals surface area contributed by atoms with Crippen LogP contribution >= 0.6 is 23.8 Å². The van der Waals surface area contributed by atoms with Crippen molar-refractivity contribution in [2.24, 2.45) is 0 Å². The SMILES string of the molecule is Cc1ccc(OCC(=O)NNC(=O)Cn2c(-c3ccc(Cl)cc3)n[nH]c2=S)cc1C. The fraction of sp³-hybridized carbons (Fsp3) is 0.200. The summed E-state index contributed by atoms with van der Waals surface area (Å²) in [5.41, 5.74) is 7.60. The minimum atomic E-state index is -0.490. The molecule has 3 N–H and O–H groups in total. The predicted octanol–water partition coefficient (Wildman–Crippen LogP) is 3.10. The number of aryl methyl sites for hydroxylation is 2. The molecule has 0 spiro atoms. The molecule has 3 aromatic rings. The highest BCUT2D eigenvalue weighted by Crippen LogP contribution is 2.20. The van der Waals surface area contributed by atoms with E-state index in [1.54, 1.807) is 30.3 Å². The number of nitrogens with zero attached hydrogens (tertiary/aromatic N) is 2. The lowest BCUT2D eigenvalue weighted by Gasteiger charge is -2.11. The third-order valence-corrected chi connectivity index (χ3v) is 4.92. The van der Waals surface area contributed by atoms with Gasteiger partial charge in [0.15, 0.2) is 17.2 Å². The largest absolute Gasteiger partial charge is 0.484 e. The van der Waals surface area contributed by atoms with Gasteiger partial charge in [-0.2, -0.15) is 5.10 Å². The van der Waals surface area contributed by atoms with E-state index in [0.717, 1.165) is 16.7 Å². The van der Waals surface area contributed by atoms with Gasteiger partial charge < -0.3 is 4.74 Å². The number of ether oxygens (including phenoxy) is 1. The van der Waals surface area contributed by atoms with E-state index in [2.05, 4.69) is 21.0 Å². The Morgan fingerprint density at radius 3 is 2.50 bits per heavy atom. The molecule has 2 aromatic carbocycles. The highest BCUT2D eigenvalue weighted by molar-refractivity contribution is 7.71. The standard InChI is InChI=1S/C20H20ClN5O3S/c1-12-3-8-16(9-13(12)2)29-11-18(28)23-22-17(27)10-26-19(24-25-20(26)30)14-4-6-15(21)7-5-14/h3-9H,10-11H2,1-2H3,(H,22,27)(H,23,28)(H,25,30). The molecule has 0 saturated heterocycles. The van der Waals surface area contributed by atoms with Crippen LogP contribution in [0.25, 0.3) is 11.4 Å². The number of aromatic amines is 1. The maximum Gasteiger partial charge on any atom is 0.276 e. The molecule has 0 bridgehead atoms. The molecule has 0 aliphatic carbocycles. The molecular weight excluding hydrogens is 426 g/mol. The van der Waals surface area contributed by atoms with E-state index in [4.69, 9.17) is 28.6 Å². The lowest BCUT2D eigenvalue weighted by Crippen LogP contribution is -2.45. The summed E-state index contributed by atoms with van der Waals surface area (Å²) >= 11 is 11.1. The van der Waals surface area contributed by atoms with Crippen molar-refractivity contribution in [3.8, 4) is 17.1 Å². The molecular formula is C20H20ClN5O3S. The number of carbonyl (C=O) groups excluding carboxylic acids is 2. The van der Waals surface area contributed by atoms with Gasteiger partial charge in [0.1, 0.15) is 12.3 Å². The summed E-state index contributed by atoms with van der Waals surface area (Å²) in [4.78, 5) is 24.2. The molecule has 156 valence electrons. The molecule has 3 rings (SSSR count). The van der Waals surface area contributed by atoms with E-state index in [1.165, 1.54) is 4.57 Å². The van der Waals surface area contributed by atoms with Crippen LogP contribution in [0.5, 0.6) is 5.75 Å². The Kier molecular flexibility index (Phi) is 6.86. The zero-order valence-electron chi connectivity index (χ0n) is 16.4. The van der Waals surface area contributed by atoms with Gasteiger partial charge in [-0.1, -0.05) is 17.7 Å². The Balaban J connectivity index is 1.54. The number of carbonyl (C=O) groups is 2. The van der Waals surface area contributed by atoms with Gasteiger partial charge in [0, 0.05) is 10.6 Å². The summed E-state index contributed by atoms with van der Waals surface area (Å²) in [6.07, 6.45) is 0. The van der Waals surface area contributed by atoms with Gasteiger partial charge in [-0.15, -0.1) is 0 Å². The van der Waals surface area contributed by atoms with Crippen molar-refractivity contribution in [3.05, 3.63) is 63.4 Å². The molecule has 0 radical (unpaired) electrons. The van der Waals surface area contributed by atoms with Gasteiger partial charge >= 0.3 is 0 Å². The van der Waals surface area contributed by atoms with Crippen LogP contribution in [0, 0.1) is 18.6 Å². The Morgan fingerprint density at radius 2 is 1.80 bits per heavy atom. The number of hydrogen-bond donors (Lipinski definition) is 3. The minimum Gasteiger partial charge on any atom is -0.484 e. The number of H-pyrrole nitrogens is 1. The number of benzene rings is 2. The third-order valence-electron chi connectivity index (χ3n) is 4.35. The van der Waals surface area contributed by atoms with Crippen LogP contribution in [-0.2, 0) is 16.1 Å². The van der Waals surface area contributed by atoms with Crippen LogP contribution in [0.1, 0.15) is 11.1 Å². The normalized spacial score (nSPS) is 10.5. The topological polar surface area (TPSA) is 101 Å². The van der Waals surface area contributed by atoms with Crippen LogP contribution in [0.3, 0.4) is 0 Å². The number of halogens is 1. The van der Waals surface area contributed by atoms with Gasteiger partial charge in [0.25, 0.3) is 11.8 Å². The van der Waals surface area contributed by atoms with Gasteiger partial charge in [0.2, 0.25) is 0 Å². The van der Waals surface area contributed by atoms with Crippen molar-refractivity contribution in [1.82, 2.24) is 25.6 Å². The summed E-state index contributed by atoms with van der Waals surface area (Å²) in [7, 11) is 0. The second-order valence-electron chi connectivity index (χ2n) is 6.58. The number of amides is 2. The molecule has 10 heteroatoms. The first kappa shape index (κ1) is 21.5. The van der Waals surface area contributed by atoms with Gasteiger partial charge in [-0.25, -0.2) is 0 Å². The van der Waals surface area contributed by atoms with Crippen LogP contribution in [0.15, 0.2) is 42.5 Å². The fourth-order valence-electron chi connectivity index (χ4n) is 2.59. The molecule has 2 amide bonds. The van der Waals surface area contributed by atoms with E-state index in [-0.39, 0.29) is 17.9 Å². The number of rotatable bonds is 6. The molecule has 0 aliphatic rings. The monoisotopic (exact) mass is 445 g/mol. The first-order chi connectivity index (χ1) is 14.3. The van der Waals surface area contributed by atoms with Crippen molar-refractivity contribution < 1.29 is 14.3 Å². The van der Waals surface area contributed by atoms with Crippen LogP contribution in [0.4, 0.5) is 0 Å². The van der Waals surface area contributed by atoms with Crippen molar-refractivity contribution in [2.45, 2.75) is 20.4 Å². The molecule has 0 aliphatic heterocycles. The summed E-state index contributed by atoms with van der Waals surface area (Å²) in [6, 6.07) is 12.5. The molecule has 1 heterocycles. The van der Waals surface area contributed by atoms with Crippen LogP contribution < -0.4 is 15.6 Å². The first-order valence-electron chi connectivity index (χ1n) is 9.02. The number of hydrazine groups is 1. The molecule has 1 aromatic heterocycles. The zero-order valence-corrected chi connectivity index (χ0v) is 17.9. The quantitative estimate of drug-likeness (QED) is 0.400. The van der Waals surface area contributed by atoms with Crippen molar-refractivity contribution in [2.75, 3.05) is 6.61 Å². The highest BCUT2D eigenvalue weighted by atomic mass is 35.5. The van der Waals surface area contributed by atoms with E-state index in [9.17, 15) is 9.59 Å². The number of nitrogens with one attached hydrogen (secondary N) is 3. The van der Waals surface area contributed by atoms with E-state index in [0.29, 0.717) is 16.6 Å². The van der Waals surface area contributed by atoms with Gasteiger partial charge in [-0.3, -0.25) is 30.1 Å². The summed E-state index contributed by atoms with van der Waals surface area (Å²) in [5.74, 6) is 0.102. The molecule has 0 saturated carbocycles. The van der Waals surface area contributed by atoms with Crippen LogP contribution in [-0.4, -0.2) is 33.2 Å². The summed E-state index contributed by atoms with van der Waals surface area (Å²) in [5, 5.41) is 7.40. The highest BCUT2D eigenvalue weighted by Gasteiger charge is 2.13. The van der Waals surface area contributed by atoms with E-state index in [1.807, 2.05) is 26.0 Å². The Hall–Kier alpha value is -3.17. The maximum absolute atomic E-state index is 12.3. The van der Waals surface area contributed by atoms with Gasteiger partial charge in [0.05, 0.1) is 0 Å². The Labute approximate surface area is 183 Å². The maximum atomic E-state index is 12.3. The smallest absolute Gasteiger partial charge is 0.276 e. The zero-order chi connectivity index (χ0) is 21.7. The fourth-order valence-corrected chi connectivity index (χ4v) is 2.92. The molecule has 0 atom stereocenters. The van der Waals surface area contributed by atoms with Crippen LogP contribution in [0.2, 0.25) is 5.02 Å². The van der Waals surface area contributed by atoms with E-state index >= 15 is 0 Å².